The Morgan fingerprint density at radius 1 is 1.17 bits per heavy atom. The van der Waals surface area contributed by atoms with Crippen LogP contribution in [0.5, 0.6) is 0 Å². The highest BCUT2D eigenvalue weighted by Gasteiger charge is 2.20. The molecule has 2 aromatic rings. The van der Waals surface area contributed by atoms with E-state index in [2.05, 4.69) is 10.3 Å². The zero-order valence-electron chi connectivity index (χ0n) is 10.1. The molecule has 1 fully saturated rings. The molecular weight excluding hydrogens is 227 g/mol. The molecule has 1 saturated carbocycles. The Bertz CT molecular complexity index is 550. The predicted octanol–water partition coefficient (Wildman–Crippen LogP) is 3.14. The van der Waals surface area contributed by atoms with Gasteiger partial charge in [0.25, 0.3) is 0 Å². The Labute approximate surface area is 106 Å². The molecule has 0 spiro atoms. The van der Waals surface area contributed by atoms with E-state index in [9.17, 15) is 4.39 Å². The maximum atomic E-state index is 13.8. The molecule has 1 aliphatic carbocycles. The summed E-state index contributed by atoms with van der Waals surface area (Å²) in [5.41, 5.74) is 2.71. The summed E-state index contributed by atoms with van der Waals surface area (Å²) < 4.78 is 13.8. The largest absolute Gasteiger partial charge is 0.310 e. The van der Waals surface area contributed by atoms with Gasteiger partial charge in [-0.1, -0.05) is 24.3 Å². The summed E-state index contributed by atoms with van der Waals surface area (Å²) in [4.78, 5) is 3.79. The molecular formula is C15H15FN2. The number of nitrogens with one attached hydrogen (secondary N) is 1. The van der Waals surface area contributed by atoms with Gasteiger partial charge in [-0.2, -0.15) is 0 Å². The summed E-state index contributed by atoms with van der Waals surface area (Å²) in [6.07, 6.45) is 5.40. The second-order valence-electron chi connectivity index (χ2n) is 4.67. The van der Waals surface area contributed by atoms with Crippen LogP contribution in [0.25, 0.3) is 11.1 Å². The molecule has 92 valence electrons. The Hall–Kier alpha value is -1.74. The normalized spacial score (nSPS) is 14.7. The first kappa shape index (κ1) is 11.4. The fourth-order valence-electron chi connectivity index (χ4n) is 2.07. The van der Waals surface area contributed by atoms with Crippen molar-refractivity contribution >= 4 is 0 Å². The Kier molecular flexibility index (Phi) is 3.07. The topological polar surface area (TPSA) is 24.9 Å². The van der Waals surface area contributed by atoms with Gasteiger partial charge in [0, 0.05) is 24.3 Å². The number of hydrogen-bond donors (Lipinski definition) is 1. The molecule has 1 heterocycles. The van der Waals surface area contributed by atoms with Crippen molar-refractivity contribution in [1.82, 2.24) is 10.3 Å². The number of rotatable bonds is 4. The van der Waals surface area contributed by atoms with E-state index in [0.717, 1.165) is 17.7 Å². The van der Waals surface area contributed by atoms with Crippen molar-refractivity contribution in [3.05, 3.63) is 54.1 Å². The average Bonchev–Trinajstić information content (AvgIpc) is 3.22. The molecule has 0 radical (unpaired) electrons. The number of hydrogen-bond acceptors (Lipinski definition) is 2. The van der Waals surface area contributed by atoms with Crippen LogP contribution < -0.4 is 5.32 Å². The third-order valence-corrected chi connectivity index (χ3v) is 3.24. The third-order valence-electron chi connectivity index (χ3n) is 3.24. The zero-order valence-corrected chi connectivity index (χ0v) is 10.1. The summed E-state index contributed by atoms with van der Waals surface area (Å²) in [7, 11) is 0. The van der Waals surface area contributed by atoms with E-state index in [0.29, 0.717) is 11.6 Å². The molecule has 1 aromatic heterocycles. The van der Waals surface area contributed by atoms with E-state index in [4.69, 9.17) is 0 Å². The lowest BCUT2D eigenvalue weighted by Gasteiger charge is -2.10. The van der Waals surface area contributed by atoms with E-state index in [1.54, 1.807) is 12.3 Å². The first-order chi connectivity index (χ1) is 8.84. The number of halogens is 1. The summed E-state index contributed by atoms with van der Waals surface area (Å²) >= 11 is 0. The van der Waals surface area contributed by atoms with Gasteiger partial charge in [-0.25, -0.2) is 4.39 Å². The van der Waals surface area contributed by atoms with Gasteiger partial charge in [0.1, 0.15) is 5.82 Å². The lowest BCUT2D eigenvalue weighted by Crippen LogP contribution is -2.15. The fraction of sp³-hybridized carbons (Fsp3) is 0.267. The molecule has 0 amide bonds. The molecule has 3 rings (SSSR count). The molecule has 0 atom stereocenters. The SMILES string of the molecule is Fc1cnccc1-c1ccccc1CNC1CC1. The third kappa shape index (κ3) is 2.41. The van der Waals surface area contributed by atoms with E-state index >= 15 is 0 Å². The van der Waals surface area contributed by atoms with Crippen molar-refractivity contribution in [2.24, 2.45) is 0 Å². The minimum atomic E-state index is -0.267. The van der Waals surface area contributed by atoms with Crippen LogP contribution in [-0.4, -0.2) is 11.0 Å². The molecule has 2 nitrogen and oxygen atoms in total. The van der Waals surface area contributed by atoms with Crippen molar-refractivity contribution in [2.75, 3.05) is 0 Å². The summed E-state index contributed by atoms with van der Waals surface area (Å²) in [5.74, 6) is -0.267. The summed E-state index contributed by atoms with van der Waals surface area (Å²) in [5, 5.41) is 3.46. The highest BCUT2D eigenvalue weighted by atomic mass is 19.1. The maximum absolute atomic E-state index is 13.8. The van der Waals surface area contributed by atoms with Gasteiger partial charge in [-0.15, -0.1) is 0 Å². The van der Waals surface area contributed by atoms with Crippen LogP contribution >= 0.6 is 0 Å². The van der Waals surface area contributed by atoms with Crippen LogP contribution in [0, 0.1) is 5.82 Å². The van der Waals surface area contributed by atoms with E-state index in [1.165, 1.54) is 19.0 Å². The molecule has 3 heteroatoms. The van der Waals surface area contributed by atoms with Gasteiger partial charge in [-0.3, -0.25) is 4.98 Å². The highest BCUT2D eigenvalue weighted by molar-refractivity contribution is 5.67. The minimum absolute atomic E-state index is 0.267. The van der Waals surface area contributed by atoms with Gasteiger partial charge in [0.2, 0.25) is 0 Å². The van der Waals surface area contributed by atoms with Crippen LogP contribution in [0.3, 0.4) is 0 Å². The van der Waals surface area contributed by atoms with E-state index < -0.39 is 0 Å². The first-order valence-electron chi connectivity index (χ1n) is 6.26. The number of nitrogens with zero attached hydrogens (tertiary/aromatic N) is 1. The van der Waals surface area contributed by atoms with Crippen molar-refractivity contribution in [3.8, 4) is 11.1 Å². The summed E-state index contributed by atoms with van der Waals surface area (Å²) in [6.45, 7) is 0.794. The average molecular weight is 242 g/mol. The lowest BCUT2D eigenvalue weighted by molar-refractivity contribution is 0.624. The maximum Gasteiger partial charge on any atom is 0.149 e. The van der Waals surface area contributed by atoms with Gasteiger partial charge >= 0.3 is 0 Å². The number of aromatic nitrogens is 1. The van der Waals surface area contributed by atoms with Crippen LogP contribution in [0.1, 0.15) is 18.4 Å². The molecule has 0 saturated heterocycles. The lowest BCUT2D eigenvalue weighted by atomic mass is 10.0. The molecule has 1 aromatic carbocycles. The van der Waals surface area contributed by atoms with Crippen molar-refractivity contribution in [1.29, 1.82) is 0 Å². The number of pyridine rings is 1. The van der Waals surface area contributed by atoms with Gasteiger partial charge in [-0.05, 0) is 30.0 Å². The minimum Gasteiger partial charge on any atom is -0.310 e. The van der Waals surface area contributed by atoms with Crippen LogP contribution in [0.2, 0.25) is 0 Å². The second-order valence-corrected chi connectivity index (χ2v) is 4.67. The second kappa shape index (κ2) is 4.86. The highest BCUT2D eigenvalue weighted by Crippen LogP contribution is 2.26. The predicted molar refractivity (Wildman–Crippen MR) is 69.5 cm³/mol. The van der Waals surface area contributed by atoms with Crippen molar-refractivity contribution in [3.63, 3.8) is 0 Å². The molecule has 0 aliphatic heterocycles. The number of benzene rings is 1. The Morgan fingerprint density at radius 2 is 2.00 bits per heavy atom. The molecule has 0 bridgehead atoms. The van der Waals surface area contributed by atoms with Crippen molar-refractivity contribution in [2.45, 2.75) is 25.4 Å². The quantitative estimate of drug-likeness (QED) is 0.891. The van der Waals surface area contributed by atoms with Crippen molar-refractivity contribution < 1.29 is 4.39 Å². The van der Waals surface area contributed by atoms with E-state index in [1.807, 2.05) is 24.3 Å². The van der Waals surface area contributed by atoms with Gasteiger partial charge in [0.05, 0.1) is 6.20 Å². The first-order valence-corrected chi connectivity index (χ1v) is 6.26. The Morgan fingerprint density at radius 3 is 2.78 bits per heavy atom. The Balaban J connectivity index is 1.92. The van der Waals surface area contributed by atoms with Crippen LogP contribution in [0.15, 0.2) is 42.7 Å². The molecule has 1 N–H and O–H groups in total. The van der Waals surface area contributed by atoms with Crippen LogP contribution in [-0.2, 0) is 6.54 Å². The van der Waals surface area contributed by atoms with Gasteiger partial charge in [0.15, 0.2) is 0 Å². The molecule has 18 heavy (non-hydrogen) atoms. The standard InChI is InChI=1S/C15H15FN2/c16-15-10-17-8-7-14(15)13-4-2-1-3-11(13)9-18-12-5-6-12/h1-4,7-8,10,12,18H,5-6,9H2. The molecule has 0 unspecified atom stereocenters. The smallest absolute Gasteiger partial charge is 0.149 e. The zero-order chi connectivity index (χ0) is 12.4. The summed E-state index contributed by atoms with van der Waals surface area (Å²) in [6, 6.07) is 10.3. The molecule has 1 aliphatic rings. The monoisotopic (exact) mass is 242 g/mol. The van der Waals surface area contributed by atoms with Crippen LogP contribution in [0.4, 0.5) is 4.39 Å². The van der Waals surface area contributed by atoms with E-state index in [-0.39, 0.29) is 5.82 Å². The fourth-order valence-corrected chi connectivity index (χ4v) is 2.07. The van der Waals surface area contributed by atoms with Gasteiger partial charge < -0.3 is 5.32 Å².